The fraction of sp³-hybridized carbons (Fsp3) is 0.417. The van der Waals surface area contributed by atoms with E-state index in [2.05, 4.69) is 35.3 Å². The molecule has 0 amide bonds. The van der Waals surface area contributed by atoms with Crippen LogP contribution in [0.15, 0.2) is 23.6 Å². The van der Waals surface area contributed by atoms with E-state index < -0.39 is 5.97 Å². The van der Waals surface area contributed by atoms with Crippen LogP contribution in [0, 0.1) is 0 Å². The molecule has 0 saturated heterocycles. The van der Waals surface area contributed by atoms with E-state index >= 15 is 0 Å². The molecule has 0 spiro atoms. The van der Waals surface area contributed by atoms with Gasteiger partial charge in [0.25, 0.3) is 0 Å². The average Bonchev–Trinajstić information content (AvgIpc) is 2.63. The summed E-state index contributed by atoms with van der Waals surface area (Å²) in [6, 6.07) is 1.90. The Balaban J connectivity index is 2.54. The molecule has 0 atom stereocenters. The van der Waals surface area contributed by atoms with Gasteiger partial charge in [-0.15, -0.1) is 0 Å². The maximum atomic E-state index is 10.7. The van der Waals surface area contributed by atoms with Crippen LogP contribution in [-0.2, 0) is 10.3 Å². The van der Waals surface area contributed by atoms with Gasteiger partial charge in [0.2, 0.25) is 0 Å². The zero-order valence-corrected chi connectivity index (χ0v) is 11.4. The number of thioether (sulfide) groups is 1. The molecule has 0 saturated carbocycles. The molecule has 0 fully saturated rings. The van der Waals surface area contributed by atoms with Gasteiger partial charge in [-0.3, -0.25) is 9.78 Å². The lowest BCUT2D eigenvalue weighted by atomic mass is 10.1. The van der Waals surface area contributed by atoms with E-state index in [1.807, 2.05) is 6.07 Å². The number of carbonyl (C=O) groups is 1. The summed E-state index contributed by atoms with van der Waals surface area (Å²) < 4.78 is 2.05. The first-order chi connectivity index (χ1) is 8.39. The van der Waals surface area contributed by atoms with Crippen LogP contribution in [0.4, 0.5) is 0 Å². The zero-order chi connectivity index (χ0) is 13.3. The number of fused-ring (bicyclic) bond motifs is 1. The summed E-state index contributed by atoms with van der Waals surface area (Å²) in [7, 11) is 0. The highest BCUT2D eigenvalue weighted by Gasteiger charge is 2.22. The van der Waals surface area contributed by atoms with Crippen molar-refractivity contribution in [2.75, 3.05) is 5.75 Å². The van der Waals surface area contributed by atoms with Gasteiger partial charge in [-0.05, 0) is 26.8 Å². The Morgan fingerprint density at radius 2 is 2.22 bits per heavy atom. The van der Waals surface area contributed by atoms with Gasteiger partial charge in [-0.25, -0.2) is 4.98 Å². The van der Waals surface area contributed by atoms with Gasteiger partial charge in [-0.2, -0.15) is 0 Å². The SMILES string of the molecule is CC(C)(C)n1c(SCC(=O)O)nc2cnccc21. The molecule has 0 aromatic carbocycles. The van der Waals surface area contributed by atoms with Gasteiger partial charge in [-0.1, -0.05) is 11.8 Å². The normalized spacial score (nSPS) is 11.9. The van der Waals surface area contributed by atoms with Crippen LogP contribution in [0.2, 0.25) is 0 Å². The van der Waals surface area contributed by atoms with Gasteiger partial charge in [0.15, 0.2) is 5.16 Å². The summed E-state index contributed by atoms with van der Waals surface area (Å²) in [5.74, 6) is -0.835. The predicted octanol–water partition coefficient (Wildman–Crippen LogP) is 2.36. The standard InChI is InChI=1S/C12H15N3O2S/c1-12(2,3)15-9-4-5-13-6-8(9)14-11(15)18-7-10(16)17/h4-6H,7H2,1-3H3,(H,16,17). The van der Waals surface area contributed by atoms with Crippen molar-refractivity contribution in [3.63, 3.8) is 0 Å². The lowest BCUT2D eigenvalue weighted by Crippen LogP contribution is -2.22. The van der Waals surface area contributed by atoms with E-state index in [1.165, 1.54) is 11.8 Å². The van der Waals surface area contributed by atoms with Crippen LogP contribution in [-0.4, -0.2) is 31.4 Å². The molecule has 1 N–H and O–H groups in total. The average molecular weight is 265 g/mol. The van der Waals surface area contributed by atoms with E-state index in [4.69, 9.17) is 5.11 Å². The topological polar surface area (TPSA) is 68.0 Å². The van der Waals surface area contributed by atoms with Crippen molar-refractivity contribution in [2.45, 2.75) is 31.5 Å². The summed E-state index contributed by atoms with van der Waals surface area (Å²) >= 11 is 1.23. The van der Waals surface area contributed by atoms with Crippen LogP contribution in [0.3, 0.4) is 0 Å². The molecule has 0 aliphatic heterocycles. The molecule has 96 valence electrons. The minimum Gasteiger partial charge on any atom is -0.481 e. The molecule has 6 heteroatoms. The highest BCUT2D eigenvalue weighted by Crippen LogP contribution is 2.30. The third kappa shape index (κ3) is 2.48. The second-order valence-electron chi connectivity index (χ2n) is 4.95. The van der Waals surface area contributed by atoms with E-state index in [9.17, 15) is 4.79 Å². The lowest BCUT2D eigenvalue weighted by Gasteiger charge is -2.24. The Bertz CT molecular complexity index is 587. The number of carboxylic acid groups (broad SMARTS) is 1. The molecule has 0 unspecified atom stereocenters. The smallest absolute Gasteiger partial charge is 0.313 e. The summed E-state index contributed by atoms with van der Waals surface area (Å²) in [6.45, 7) is 6.21. The number of hydrogen-bond donors (Lipinski definition) is 1. The Morgan fingerprint density at radius 3 is 2.83 bits per heavy atom. The molecule has 0 aliphatic rings. The molecule has 0 aliphatic carbocycles. The molecular weight excluding hydrogens is 250 g/mol. The third-order valence-corrected chi connectivity index (χ3v) is 3.34. The first-order valence-electron chi connectivity index (χ1n) is 5.57. The second-order valence-corrected chi connectivity index (χ2v) is 5.89. The molecule has 18 heavy (non-hydrogen) atoms. The molecule has 0 radical (unpaired) electrons. The maximum Gasteiger partial charge on any atom is 0.313 e. The largest absolute Gasteiger partial charge is 0.481 e. The number of aliphatic carboxylic acids is 1. The molecule has 2 rings (SSSR count). The van der Waals surface area contributed by atoms with E-state index in [-0.39, 0.29) is 11.3 Å². The fourth-order valence-corrected chi connectivity index (χ4v) is 2.70. The number of carboxylic acids is 1. The highest BCUT2D eigenvalue weighted by molar-refractivity contribution is 7.99. The van der Waals surface area contributed by atoms with Crippen molar-refractivity contribution in [3.8, 4) is 0 Å². The number of rotatable bonds is 3. The number of nitrogens with zero attached hydrogens (tertiary/aromatic N) is 3. The Kier molecular flexibility index (Phi) is 3.30. The zero-order valence-electron chi connectivity index (χ0n) is 10.5. The predicted molar refractivity (Wildman–Crippen MR) is 70.9 cm³/mol. The summed E-state index contributed by atoms with van der Waals surface area (Å²) in [6.07, 6.45) is 3.42. The van der Waals surface area contributed by atoms with Crippen LogP contribution in [0.25, 0.3) is 11.0 Å². The molecule has 0 bridgehead atoms. The first kappa shape index (κ1) is 12.9. The summed E-state index contributed by atoms with van der Waals surface area (Å²) in [5, 5.41) is 9.49. The van der Waals surface area contributed by atoms with Crippen LogP contribution >= 0.6 is 11.8 Å². The van der Waals surface area contributed by atoms with Crippen LogP contribution < -0.4 is 0 Å². The number of hydrogen-bond acceptors (Lipinski definition) is 4. The minimum absolute atomic E-state index is 0.00678. The summed E-state index contributed by atoms with van der Waals surface area (Å²) in [4.78, 5) is 19.2. The van der Waals surface area contributed by atoms with Crippen molar-refractivity contribution in [3.05, 3.63) is 18.5 Å². The van der Waals surface area contributed by atoms with Crippen molar-refractivity contribution in [2.24, 2.45) is 0 Å². The van der Waals surface area contributed by atoms with Crippen molar-refractivity contribution >= 4 is 28.8 Å². The molecule has 5 nitrogen and oxygen atoms in total. The van der Waals surface area contributed by atoms with E-state index in [0.717, 1.165) is 11.0 Å². The molecule has 2 aromatic heterocycles. The Morgan fingerprint density at radius 1 is 1.50 bits per heavy atom. The molecular formula is C12H15N3O2S. The van der Waals surface area contributed by atoms with Gasteiger partial charge < -0.3 is 9.67 Å². The van der Waals surface area contributed by atoms with E-state index in [0.29, 0.717) is 5.16 Å². The third-order valence-electron chi connectivity index (χ3n) is 2.42. The maximum absolute atomic E-state index is 10.7. The monoisotopic (exact) mass is 265 g/mol. The molecule has 2 aromatic rings. The Labute approximate surface area is 109 Å². The van der Waals surface area contributed by atoms with Crippen molar-refractivity contribution in [1.82, 2.24) is 14.5 Å². The molecule has 2 heterocycles. The number of aromatic nitrogens is 3. The van der Waals surface area contributed by atoms with Gasteiger partial charge in [0, 0.05) is 11.7 Å². The van der Waals surface area contributed by atoms with Gasteiger partial charge in [0.1, 0.15) is 5.52 Å². The second kappa shape index (κ2) is 4.61. The van der Waals surface area contributed by atoms with Crippen LogP contribution in [0.1, 0.15) is 20.8 Å². The first-order valence-corrected chi connectivity index (χ1v) is 6.55. The lowest BCUT2D eigenvalue weighted by molar-refractivity contribution is -0.133. The van der Waals surface area contributed by atoms with Gasteiger partial charge in [0.05, 0.1) is 17.5 Å². The van der Waals surface area contributed by atoms with Crippen molar-refractivity contribution in [1.29, 1.82) is 0 Å². The fourth-order valence-electron chi connectivity index (χ4n) is 1.78. The Hall–Kier alpha value is -1.56. The quantitative estimate of drug-likeness (QED) is 0.863. The van der Waals surface area contributed by atoms with Crippen LogP contribution in [0.5, 0.6) is 0 Å². The number of pyridine rings is 1. The minimum atomic E-state index is -0.842. The number of imidazole rings is 1. The van der Waals surface area contributed by atoms with Crippen molar-refractivity contribution < 1.29 is 9.90 Å². The van der Waals surface area contributed by atoms with E-state index in [1.54, 1.807) is 12.4 Å². The van der Waals surface area contributed by atoms with Gasteiger partial charge >= 0.3 is 5.97 Å². The highest BCUT2D eigenvalue weighted by atomic mass is 32.2. The summed E-state index contributed by atoms with van der Waals surface area (Å²) in [5.41, 5.74) is 1.61.